The molecule has 0 aromatic carbocycles. The summed E-state index contributed by atoms with van der Waals surface area (Å²) in [5.41, 5.74) is 0.787. The molecular weight excluding hydrogens is 464 g/mol. The molecule has 0 radical (unpaired) electrons. The molecule has 8 nitrogen and oxygen atoms in total. The molecule has 7 unspecified atom stereocenters. The van der Waals surface area contributed by atoms with Crippen LogP contribution in [0.4, 0.5) is 0 Å². The number of ether oxygens (including phenoxy) is 1. The van der Waals surface area contributed by atoms with Crippen LogP contribution >= 0.6 is 0 Å². The summed E-state index contributed by atoms with van der Waals surface area (Å²) in [5.74, 6) is 0.306. The van der Waals surface area contributed by atoms with Crippen molar-refractivity contribution in [3.05, 3.63) is 33.7 Å². The second kappa shape index (κ2) is 12.3. The Morgan fingerprint density at radius 1 is 1.17 bits per heavy atom. The maximum atomic E-state index is 12.2. The first-order chi connectivity index (χ1) is 17.1. The Morgan fingerprint density at radius 3 is 2.47 bits per heavy atom. The predicted molar refractivity (Wildman–Crippen MR) is 137 cm³/mol. The van der Waals surface area contributed by atoms with Crippen LogP contribution < -0.4 is 0 Å². The molecule has 36 heavy (non-hydrogen) atoms. The van der Waals surface area contributed by atoms with Crippen LogP contribution in [0.3, 0.4) is 0 Å². The Bertz CT molecular complexity index is 879. The summed E-state index contributed by atoms with van der Waals surface area (Å²) in [6, 6.07) is 0. The summed E-state index contributed by atoms with van der Waals surface area (Å²) in [5, 5.41) is 20.2. The molecule has 0 aromatic rings. The van der Waals surface area contributed by atoms with Gasteiger partial charge in [-0.05, 0) is 67.4 Å². The van der Waals surface area contributed by atoms with Gasteiger partial charge >= 0.3 is 11.9 Å². The fourth-order valence-electron chi connectivity index (χ4n) is 7.78. The maximum Gasteiger partial charge on any atom is 0.305 e. The van der Waals surface area contributed by atoms with E-state index in [2.05, 4.69) is 20.8 Å². The molecule has 4 aliphatic rings. The number of ketones is 1. The lowest BCUT2D eigenvalue weighted by molar-refractivity contribution is -0.151. The highest BCUT2D eigenvalue weighted by atomic mass is 16.7. The van der Waals surface area contributed by atoms with Crippen molar-refractivity contribution in [1.82, 2.24) is 0 Å². The van der Waals surface area contributed by atoms with Crippen molar-refractivity contribution in [3.63, 3.8) is 0 Å². The van der Waals surface area contributed by atoms with Gasteiger partial charge < -0.3 is 14.9 Å². The van der Waals surface area contributed by atoms with Crippen LogP contribution in [-0.2, 0) is 19.1 Å². The van der Waals surface area contributed by atoms with E-state index in [1.54, 1.807) is 12.2 Å². The Hall–Kier alpha value is -2.35. The first-order valence-corrected chi connectivity index (χ1v) is 13.2. The first kappa shape index (κ1) is 29.9. The Labute approximate surface area is 213 Å². The maximum absolute atomic E-state index is 12.2. The van der Waals surface area contributed by atoms with Crippen molar-refractivity contribution in [2.24, 2.45) is 40.4 Å². The van der Waals surface area contributed by atoms with Crippen molar-refractivity contribution in [2.75, 3.05) is 6.61 Å². The van der Waals surface area contributed by atoms with E-state index in [-0.39, 0.29) is 47.3 Å². The van der Waals surface area contributed by atoms with Crippen LogP contribution in [0, 0.1) is 50.3 Å². The summed E-state index contributed by atoms with van der Waals surface area (Å²) in [6.45, 7) is 11.0. The zero-order chi connectivity index (χ0) is 27.3. The van der Waals surface area contributed by atoms with Crippen LogP contribution in [-0.4, -0.2) is 40.6 Å². The van der Waals surface area contributed by atoms with Crippen molar-refractivity contribution < 1.29 is 29.3 Å². The fraction of sp³-hybridized carbons (Fsp3) is 0.750. The minimum atomic E-state index is -0.903. The summed E-state index contributed by atoms with van der Waals surface area (Å²) >= 11 is 0. The molecule has 3 fully saturated rings. The van der Waals surface area contributed by atoms with Crippen LogP contribution in [0.1, 0.15) is 79.6 Å². The third kappa shape index (κ3) is 5.63. The number of fused-ring (bicyclic) bond motifs is 5. The molecule has 0 heterocycles. The van der Waals surface area contributed by atoms with E-state index >= 15 is 0 Å². The number of carbonyl (C=O) groups excluding carboxylic acids is 2. The third-order valence-corrected chi connectivity index (χ3v) is 9.29. The molecule has 0 saturated heterocycles. The van der Waals surface area contributed by atoms with Gasteiger partial charge in [-0.2, -0.15) is 0 Å². The molecule has 4 rings (SSSR count). The fourth-order valence-corrected chi connectivity index (χ4v) is 7.78. The third-order valence-electron chi connectivity index (χ3n) is 9.29. The predicted octanol–water partition coefficient (Wildman–Crippen LogP) is 5.02. The van der Waals surface area contributed by atoms with E-state index < -0.39 is 12.1 Å². The van der Waals surface area contributed by atoms with Gasteiger partial charge in [-0.25, -0.2) is 0 Å². The molecular formula is C28H42O8. The molecule has 8 heteroatoms. The van der Waals surface area contributed by atoms with Crippen LogP contribution in [0.15, 0.2) is 23.8 Å². The number of aliphatic carboxylic acids is 1. The van der Waals surface area contributed by atoms with Crippen molar-refractivity contribution >= 4 is 17.7 Å². The van der Waals surface area contributed by atoms with Gasteiger partial charge in [-0.1, -0.05) is 46.3 Å². The molecule has 2 N–H and O–H groups in total. The molecule has 4 aliphatic carbocycles. The molecule has 0 bridgehead atoms. The summed E-state index contributed by atoms with van der Waals surface area (Å²) in [7, 11) is 0. The van der Waals surface area contributed by atoms with E-state index in [1.165, 1.54) is 0 Å². The number of hydrogen-bond acceptors (Lipinski definition) is 7. The van der Waals surface area contributed by atoms with Crippen LogP contribution in [0.5, 0.6) is 0 Å². The van der Waals surface area contributed by atoms with Gasteiger partial charge in [-0.15, -0.1) is 0 Å². The van der Waals surface area contributed by atoms with Gasteiger partial charge in [0.25, 0.3) is 0 Å². The summed E-state index contributed by atoms with van der Waals surface area (Å²) in [6.07, 6.45) is 9.01. The second-order valence-corrected chi connectivity index (χ2v) is 11.0. The quantitative estimate of drug-likeness (QED) is 0.480. The standard InChI is InChI=1S/C26H36O6.C2H6.O2/c1-15-11-19-18-8-7-16-12-17(27)9-10-25(16,2)24(18)21(28)13-26(19,3)20(15)14-32-23(31)6-4-5-22(29)30;2*1-2/h9-10,12,15,18-21,24,28H,4-8,11,13-14H2,1-3H3,(H,29,30);1-2H3;/t15-,18?,19?,20?,21?,24?,25?,26?;;/m1../s1. The number of hydrogen-bond donors (Lipinski definition) is 2. The topological polar surface area (TPSA) is 135 Å². The Morgan fingerprint density at radius 2 is 1.83 bits per heavy atom. The van der Waals surface area contributed by atoms with Gasteiger partial charge in [0.1, 0.15) is 0 Å². The number of carboxylic acids is 1. The summed E-state index contributed by atoms with van der Waals surface area (Å²) < 4.78 is 5.61. The largest absolute Gasteiger partial charge is 0.481 e. The first-order valence-electron chi connectivity index (χ1n) is 13.2. The van der Waals surface area contributed by atoms with E-state index in [9.17, 15) is 19.5 Å². The molecule has 0 amide bonds. The number of esters is 1. The highest BCUT2D eigenvalue weighted by molar-refractivity contribution is 6.01. The number of aliphatic hydroxyl groups is 1. The molecule has 0 spiro atoms. The lowest BCUT2D eigenvalue weighted by atomic mass is 9.47. The molecule has 0 aromatic heterocycles. The van der Waals surface area contributed by atoms with E-state index in [0.29, 0.717) is 37.2 Å². The molecule has 0 aliphatic heterocycles. The van der Waals surface area contributed by atoms with Gasteiger partial charge in [0, 0.05) is 40.0 Å². The van der Waals surface area contributed by atoms with Crippen molar-refractivity contribution in [3.8, 4) is 0 Å². The van der Waals surface area contributed by atoms with Crippen LogP contribution in [0.25, 0.3) is 0 Å². The monoisotopic (exact) mass is 506 g/mol. The normalized spacial score (nSPS) is 38.1. The lowest BCUT2D eigenvalue weighted by Gasteiger charge is -2.58. The van der Waals surface area contributed by atoms with Crippen molar-refractivity contribution in [2.45, 2.75) is 85.7 Å². The molecule has 3 saturated carbocycles. The van der Waals surface area contributed by atoms with E-state index in [0.717, 1.165) is 24.8 Å². The lowest BCUT2D eigenvalue weighted by Crippen LogP contribution is -2.56. The molecule has 202 valence electrons. The number of carboxylic acid groups (broad SMARTS) is 1. The average molecular weight is 507 g/mol. The van der Waals surface area contributed by atoms with Gasteiger partial charge in [0.15, 0.2) is 5.78 Å². The average Bonchev–Trinajstić information content (AvgIpc) is 3.09. The number of rotatable bonds is 6. The molecule has 8 atom stereocenters. The zero-order valence-corrected chi connectivity index (χ0v) is 22.2. The number of aliphatic hydroxyl groups excluding tert-OH is 1. The van der Waals surface area contributed by atoms with Crippen molar-refractivity contribution in [1.29, 1.82) is 0 Å². The Kier molecular flexibility index (Phi) is 10.2. The SMILES string of the molecule is CC.C[C@@H]1CC2C3CCC4=CC(=O)C=CC4(C)C3C(O)CC2(C)C1COC(=O)CCCC(=O)O.O=O. The Balaban J connectivity index is 0.00000109. The van der Waals surface area contributed by atoms with Gasteiger partial charge in [0.05, 0.1) is 12.7 Å². The van der Waals surface area contributed by atoms with Gasteiger partial charge in [-0.3, -0.25) is 14.4 Å². The minimum absolute atomic E-state index is 0.0285. The highest BCUT2D eigenvalue weighted by Gasteiger charge is 2.63. The minimum Gasteiger partial charge on any atom is -0.481 e. The van der Waals surface area contributed by atoms with Crippen LogP contribution in [0.2, 0.25) is 0 Å². The number of allylic oxidation sites excluding steroid dienone is 4. The second-order valence-electron chi connectivity index (χ2n) is 11.0. The zero-order valence-electron chi connectivity index (χ0n) is 22.2. The smallest absolute Gasteiger partial charge is 0.305 e. The highest BCUT2D eigenvalue weighted by Crippen LogP contribution is 2.67. The summed E-state index contributed by atoms with van der Waals surface area (Å²) in [4.78, 5) is 48.8. The van der Waals surface area contributed by atoms with Gasteiger partial charge in [0.2, 0.25) is 0 Å². The van der Waals surface area contributed by atoms with E-state index in [1.807, 2.05) is 19.9 Å². The van der Waals surface area contributed by atoms with E-state index in [4.69, 9.17) is 19.8 Å². The number of carbonyl (C=O) groups is 3.